The Hall–Kier alpha value is 0.702. The molecular weight excluding hydrogens is 110 g/mol. The normalized spacial score (nSPS) is 7.20. The number of hydrogen-bond donors (Lipinski definition) is 1. The zero-order valence-corrected chi connectivity index (χ0v) is 2.40. The van der Waals surface area contributed by atoms with Gasteiger partial charge in [0.2, 0.25) is 0 Å². The van der Waals surface area contributed by atoms with E-state index in [0.29, 0.717) is 0 Å². The first-order valence-electron chi connectivity index (χ1n) is 0.478. The van der Waals surface area contributed by atoms with Gasteiger partial charge < -0.3 is 9.32 Å². The van der Waals surface area contributed by atoms with Gasteiger partial charge in [-0.15, -0.1) is 0 Å². The fourth-order valence-electron chi connectivity index (χ4n) is 0. The third-order valence-electron chi connectivity index (χ3n) is 0. The minimum atomic E-state index is -2.60. The van der Waals surface area contributed by atoms with Gasteiger partial charge in [-0.2, -0.15) is 0 Å². The maximum Gasteiger partial charge on any atom is 0.282 e. The van der Waals surface area contributed by atoms with Gasteiger partial charge in [0.25, 0.3) is 10.8 Å². The van der Waals surface area contributed by atoms with Crippen LogP contribution in [0.5, 0.6) is 0 Å². The van der Waals surface area contributed by atoms with Gasteiger partial charge in [-0.3, -0.25) is 0 Å². The van der Waals surface area contributed by atoms with Crippen molar-refractivity contribution < 1.29 is 24.8 Å². The molecule has 0 spiro atoms. The van der Waals surface area contributed by atoms with E-state index in [2.05, 4.69) is 0 Å². The monoisotopic (exact) mass is 114 g/mol. The smallest absolute Gasteiger partial charge is 0.282 e. The molecule has 0 aromatic heterocycles. The average Bonchev–Trinajstić information content (AvgIpc) is 0.811. The van der Waals surface area contributed by atoms with Crippen molar-refractivity contribution in [3.05, 3.63) is 0 Å². The van der Waals surface area contributed by atoms with Crippen molar-refractivity contribution in [2.45, 2.75) is 0 Å². The summed E-state index contributed by atoms with van der Waals surface area (Å²) in [6, 6.07) is 0. The van der Waals surface area contributed by atoms with Crippen LogP contribution in [-0.4, -0.2) is 22.0 Å². The Morgan fingerprint density at radius 1 is 1.40 bits per heavy atom. The van der Waals surface area contributed by atoms with Crippen molar-refractivity contribution in [2.24, 2.45) is 0 Å². The predicted octanol–water partition coefficient (Wildman–Crippen LogP) is -4.12. The van der Waals surface area contributed by atoms with E-state index >= 15 is 0 Å². The Labute approximate surface area is 42.8 Å². The number of hydrogen-bond acceptors (Lipinski definition) is 3. The van der Waals surface area contributed by atoms with Crippen LogP contribution in [0, 0.1) is 10.8 Å². The van der Waals surface area contributed by atoms with Crippen LogP contribution in [0.3, 0.4) is 0 Å². The molecule has 0 aliphatic carbocycles. The van der Waals surface area contributed by atoms with Crippen LogP contribution in [0.25, 0.3) is 0 Å². The van der Waals surface area contributed by atoms with Crippen LogP contribution in [-0.2, 0) is 0 Å². The van der Waals surface area contributed by atoms with Crippen LogP contribution in [0.2, 0.25) is 0 Å². The summed E-state index contributed by atoms with van der Waals surface area (Å²) in [5, 5.41) is 0. The Morgan fingerprint density at radius 2 is 1.40 bits per heavy atom. The fraction of sp³-hybridized carbons (Fsp3) is 0. The molecule has 1 N–H and O–H groups in total. The number of halogens is 1. The molecule has 0 saturated heterocycles. The van der Waals surface area contributed by atoms with Gasteiger partial charge in [-0.25, -0.2) is 0 Å². The molecule has 0 unspecified atom stereocenters. The minimum absolute atomic E-state index is 0. The summed E-state index contributed by atoms with van der Waals surface area (Å²) in [7, 11) is -2.60. The lowest BCUT2D eigenvalue weighted by Crippen LogP contribution is -2.30. The Morgan fingerprint density at radius 3 is 1.40 bits per heavy atom. The zero-order chi connectivity index (χ0) is 3.58. The molecule has 32 valence electrons. The third kappa shape index (κ3) is 69.6. The molecule has 0 atom stereocenters. The van der Waals surface area contributed by atoms with Gasteiger partial charge >= 0.3 is 0 Å². The molecule has 0 rings (SSSR count). The Kier molecular flexibility index (Phi) is 8.65. The van der Waals surface area contributed by atoms with Crippen LogP contribution in [0.15, 0.2) is 0 Å². The molecule has 0 aliphatic heterocycles. The van der Waals surface area contributed by atoms with Crippen molar-refractivity contribution in [1.82, 2.24) is 0 Å². The molecular formula is H4AlClO3. The van der Waals surface area contributed by atoms with E-state index in [0.717, 1.165) is 0 Å². The summed E-state index contributed by atoms with van der Waals surface area (Å²) >= 11 is 0. The van der Waals surface area contributed by atoms with E-state index in [-0.39, 0.29) is 17.4 Å². The topological polar surface area (TPSA) is 66.3 Å². The SMILES string of the molecule is [AlH3].[O-][Cl+2]([O-])O. The van der Waals surface area contributed by atoms with Gasteiger partial charge in [0, 0.05) is 4.66 Å². The first kappa shape index (κ1) is 9.20. The molecule has 0 heterocycles. The first-order chi connectivity index (χ1) is 1.73. The van der Waals surface area contributed by atoms with Crippen LogP contribution >= 0.6 is 0 Å². The van der Waals surface area contributed by atoms with Gasteiger partial charge in [-0.05, 0) is 0 Å². The highest BCUT2D eigenvalue weighted by atomic mass is 35.6. The van der Waals surface area contributed by atoms with Crippen molar-refractivity contribution in [3.8, 4) is 0 Å². The van der Waals surface area contributed by atoms with Gasteiger partial charge in [0.15, 0.2) is 17.4 Å². The highest BCUT2D eigenvalue weighted by Crippen LogP contribution is 1.38. The third-order valence-corrected chi connectivity index (χ3v) is 0. The molecule has 0 aliphatic rings. The van der Waals surface area contributed by atoms with E-state index in [4.69, 9.17) is 14.0 Å². The van der Waals surface area contributed by atoms with E-state index in [1.807, 2.05) is 0 Å². The Bertz CT molecular complexity index is 11.6. The second-order valence-electron chi connectivity index (χ2n) is 0.201. The fourth-order valence-corrected chi connectivity index (χ4v) is 0. The molecule has 5 heteroatoms. The summed E-state index contributed by atoms with van der Waals surface area (Å²) in [6.07, 6.45) is 0. The molecule has 0 aromatic carbocycles. The highest BCUT2D eigenvalue weighted by Gasteiger charge is 1.79. The Balaban J connectivity index is 0. The summed E-state index contributed by atoms with van der Waals surface area (Å²) < 4.78 is 24.0. The second-order valence-corrected chi connectivity index (χ2v) is 0.603. The average molecular weight is 114 g/mol. The van der Waals surface area contributed by atoms with Gasteiger partial charge in [-0.1, -0.05) is 0 Å². The maximum atomic E-state index is 8.52. The molecule has 0 saturated carbocycles. The molecule has 0 aromatic rings. The standard InChI is InChI=1S/Al.ClHO3.3H/c;2-1(3)4;;;/h;2H;;;. The summed E-state index contributed by atoms with van der Waals surface area (Å²) in [4.78, 5) is 0. The number of rotatable bonds is 0. The van der Waals surface area contributed by atoms with Crippen molar-refractivity contribution in [2.75, 3.05) is 0 Å². The second kappa shape index (κ2) is 4.70. The molecule has 3 nitrogen and oxygen atoms in total. The van der Waals surface area contributed by atoms with Crippen molar-refractivity contribution >= 4 is 17.4 Å². The molecule has 0 radical (unpaired) electrons. The van der Waals surface area contributed by atoms with E-state index in [1.54, 1.807) is 0 Å². The van der Waals surface area contributed by atoms with Gasteiger partial charge in [0.1, 0.15) is 0 Å². The van der Waals surface area contributed by atoms with E-state index in [9.17, 15) is 0 Å². The predicted molar refractivity (Wildman–Crippen MR) is 12.2 cm³/mol. The van der Waals surface area contributed by atoms with E-state index < -0.39 is 10.8 Å². The molecule has 5 heavy (non-hydrogen) atoms. The highest BCUT2D eigenvalue weighted by molar-refractivity contribution is 5.75. The quantitative estimate of drug-likeness (QED) is 0.326. The minimum Gasteiger partial charge on any atom is -0.321 e. The lowest BCUT2D eigenvalue weighted by atomic mass is 15.8. The van der Waals surface area contributed by atoms with Gasteiger partial charge in [0.05, 0.1) is 0 Å². The lowest BCUT2D eigenvalue weighted by Gasteiger charge is -1.72. The van der Waals surface area contributed by atoms with Crippen LogP contribution < -0.4 is 9.32 Å². The van der Waals surface area contributed by atoms with Crippen molar-refractivity contribution in [3.63, 3.8) is 0 Å². The summed E-state index contributed by atoms with van der Waals surface area (Å²) in [5.41, 5.74) is 0. The first-order valence-corrected chi connectivity index (χ1v) is 1.43. The van der Waals surface area contributed by atoms with Crippen LogP contribution in [0.1, 0.15) is 0 Å². The maximum absolute atomic E-state index is 8.52. The lowest BCUT2D eigenvalue weighted by molar-refractivity contribution is -1.63. The molecule has 0 amide bonds. The summed E-state index contributed by atoms with van der Waals surface area (Å²) in [6.45, 7) is 0. The summed E-state index contributed by atoms with van der Waals surface area (Å²) in [5.74, 6) is 0. The molecule has 0 fully saturated rings. The zero-order valence-electron chi connectivity index (χ0n) is 1.64. The van der Waals surface area contributed by atoms with Crippen molar-refractivity contribution in [1.29, 1.82) is 0 Å². The molecule has 0 bridgehead atoms. The van der Waals surface area contributed by atoms with Crippen LogP contribution in [0.4, 0.5) is 0 Å². The largest absolute Gasteiger partial charge is 0.321 e. The van der Waals surface area contributed by atoms with E-state index in [1.165, 1.54) is 0 Å².